The van der Waals surface area contributed by atoms with Crippen LogP contribution in [0.25, 0.3) is 10.8 Å². The molecular weight excluding hydrogens is 300 g/mol. The predicted octanol–water partition coefficient (Wildman–Crippen LogP) is 2.84. The highest BCUT2D eigenvalue weighted by Gasteiger charge is 2.27. The highest BCUT2D eigenvalue weighted by molar-refractivity contribution is 5.87. The van der Waals surface area contributed by atoms with Gasteiger partial charge >= 0.3 is 0 Å². The third-order valence-corrected chi connectivity index (χ3v) is 5.44. The highest BCUT2D eigenvalue weighted by atomic mass is 16.5. The number of aromatic hydroxyl groups is 1. The van der Waals surface area contributed by atoms with Crippen LogP contribution in [0.4, 0.5) is 0 Å². The van der Waals surface area contributed by atoms with Crippen LogP contribution in [0, 0.1) is 0 Å². The molecule has 2 heterocycles. The summed E-state index contributed by atoms with van der Waals surface area (Å²) < 4.78 is 5.49. The molecule has 2 aromatic rings. The van der Waals surface area contributed by atoms with Crippen molar-refractivity contribution in [3.05, 3.63) is 42.0 Å². The number of rotatable bonds is 3. The van der Waals surface area contributed by atoms with Gasteiger partial charge in [0.05, 0.1) is 13.2 Å². The van der Waals surface area contributed by atoms with Crippen molar-refractivity contribution < 1.29 is 9.84 Å². The second-order valence-corrected chi connectivity index (χ2v) is 6.96. The summed E-state index contributed by atoms with van der Waals surface area (Å²) in [5.41, 5.74) is 1.07. The first-order valence-electron chi connectivity index (χ1n) is 9.05. The van der Waals surface area contributed by atoms with Crippen molar-refractivity contribution in [3.63, 3.8) is 0 Å². The largest absolute Gasteiger partial charge is 0.508 e. The normalized spacial score (nSPS) is 23.6. The standard InChI is InChI=1S/C20H26N2O2/c23-20-8-7-16-4-1-2-6-18(16)19(20)15-21-9-3-5-17(14-21)22-10-12-24-13-11-22/h1-2,4,6-8,17,23H,3,5,9-15H2. The monoisotopic (exact) mass is 326 g/mol. The molecule has 1 unspecified atom stereocenters. The molecule has 4 nitrogen and oxygen atoms in total. The number of ether oxygens (including phenoxy) is 1. The molecule has 0 bridgehead atoms. The Morgan fingerprint density at radius 1 is 1.04 bits per heavy atom. The lowest BCUT2D eigenvalue weighted by molar-refractivity contribution is -0.00359. The van der Waals surface area contributed by atoms with Crippen molar-refractivity contribution in [2.45, 2.75) is 25.4 Å². The maximum absolute atomic E-state index is 10.4. The average Bonchev–Trinajstić information content (AvgIpc) is 2.65. The Balaban J connectivity index is 1.51. The van der Waals surface area contributed by atoms with E-state index in [0.29, 0.717) is 11.8 Å². The Hall–Kier alpha value is -1.62. The van der Waals surface area contributed by atoms with Gasteiger partial charge < -0.3 is 9.84 Å². The lowest BCUT2D eigenvalue weighted by Crippen LogP contribution is -2.51. The van der Waals surface area contributed by atoms with Gasteiger partial charge in [-0.1, -0.05) is 30.3 Å². The molecule has 0 aromatic heterocycles. The summed E-state index contributed by atoms with van der Waals surface area (Å²) in [6.45, 7) is 6.86. The number of benzene rings is 2. The number of fused-ring (bicyclic) bond motifs is 1. The maximum Gasteiger partial charge on any atom is 0.120 e. The fourth-order valence-electron chi connectivity index (χ4n) is 4.13. The maximum atomic E-state index is 10.4. The molecule has 2 aliphatic rings. The third kappa shape index (κ3) is 3.27. The summed E-state index contributed by atoms with van der Waals surface area (Å²) >= 11 is 0. The fraction of sp³-hybridized carbons (Fsp3) is 0.500. The van der Waals surface area contributed by atoms with Crippen molar-refractivity contribution in [2.24, 2.45) is 0 Å². The quantitative estimate of drug-likeness (QED) is 0.941. The Kier molecular flexibility index (Phi) is 4.69. The molecule has 128 valence electrons. The molecule has 1 N–H and O–H groups in total. The zero-order valence-corrected chi connectivity index (χ0v) is 14.2. The Bertz CT molecular complexity index is 697. The van der Waals surface area contributed by atoms with Gasteiger partial charge in [0.2, 0.25) is 0 Å². The zero-order valence-electron chi connectivity index (χ0n) is 14.2. The molecule has 0 saturated carbocycles. The molecule has 0 aliphatic carbocycles. The Morgan fingerprint density at radius 2 is 1.88 bits per heavy atom. The second kappa shape index (κ2) is 7.09. The summed E-state index contributed by atoms with van der Waals surface area (Å²) in [5, 5.41) is 12.8. The lowest BCUT2D eigenvalue weighted by atomic mass is 10.00. The van der Waals surface area contributed by atoms with E-state index in [1.165, 1.54) is 23.6 Å². The second-order valence-electron chi connectivity index (χ2n) is 6.96. The molecular formula is C20H26N2O2. The molecule has 4 rings (SSSR count). The molecule has 2 fully saturated rings. The van der Waals surface area contributed by atoms with E-state index in [4.69, 9.17) is 4.74 Å². The molecule has 0 radical (unpaired) electrons. The van der Waals surface area contributed by atoms with Gasteiger partial charge in [0.25, 0.3) is 0 Å². The van der Waals surface area contributed by atoms with Gasteiger partial charge in [0, 0.05) is 37.8 Å². The van der Waals surface area contributed by atoms with E-state index >= 15 is 0 Å². The molecule has 2 saturated heterocycles. The lowest BCUT2D eigenvalue weighted by Gasteiger charge is -2.41. The fourth-order valence-corrected chi connectivity index (χ4v) is 4.13. The van der Waals surface area contributed by atoms with Gasteiger partial charge in [-0.15, -0.1) is 0 Å². The van der Waals surface area contributed by atoms with Crippen molar-refractivity contribution in [1.29, 1.82) is 0 Å². The number of hydrogen-bond donors (Lipinski definition) is 1. The average molecular weight is 326 g/mol. The van der Waals surface area contributed by atoms with Gasteiger partial charge in [-0.05, 0) is 36.2 Å². The topological polar surface area (TPSA) is 35.9 Å². The zero-order chi connectivity index (χ0) is 16.4. The summed E-state index contributed by atoms with van der Waals surface area (Å²) in [4.78, 5) is 5.09. The van der Waals surface area contributed by atoms with Crippen LogP contribution in [-0.2, 0) is 11.3 Å². The first-order valence-corrected chi connectivity index (χ1v) is 9.05. The Morgan fingerprint density at radius 3 is 2.75 bits per heavy atom. The number of morpholine rings is 1. The van der Waals surface area contributed by atoms with Crippen molar-refractivity contribution in [2.75, 3.05) is 39.4 Å². The van der Waals surface area contributed by atoms with Gasteiger partial charge in [-0.2, -0.15) is 0 Å². The van der Waals surface area contributed by atoms with E-state index in [9.17, 15) is 5.11 Å². The SMILES string of the molecule is Oc1ccc2ccccc2c1CN1CCCC(N2CCOCC2)C1. The summed E-state index contributed by atoms with van der Waals surface area (Å²) in [6.07, 6.45) is 2.51. The molecule has 0 amide bonds. The van der Waals surface area contributed by atoms with Gasteiger partial charge in [0.15, 0.2) is 0 Å². The van der Waals surface area contributed by atoms with Gasteiger partial charge in [0.1, 0.15) is 5.75 Å². The summed E-state index contributed by atoms with van der Waals surface area (Å²) in [5.74, 6) is 0.419. The van der Waals surface area contributed by atoms with E-state index in [1.807, 2.05) is 12.1 Å². The molecule has 1 atom stereocenters. The minimum atomic E-state index is 0.419. The third-order valence-electron chi connectivity index (χ3n) is 5.44. The summed E-state index contributed by atoms with van der Waals surface area (Å²) in [6, 6.07) is 12.8. The minimum absolute atomic E-state index is 0.419. The predicted molar refractivity (Wildman–Crippen MR) is 96.3 cm³/mol. The molecule has 24 heavy (non-hydrogen) atoms. The number of phenols is 1. The van der Waals surface area contributed by atoms with Crippen LogP contribution in [0.2, 0.25) is 0 Å². The van der Waals surface area contributed by atoms with Crippen LogP contribution in [0.15, 0.2) is 36.4 Å². The number of hydrogen-bond acceptors (Lipinski definition) is 4. The van der Waals surface area contributed by atoms with Crippen LogP contribution in [-0.4, -0.2) is 60.3 Å². The van der Waals surface area contributed by atoms with Crippen LogP contribution in [0.3, 0.4) is 0 Å². The molecule has 4 heteroatoms. The number of piperidine rings is 1. The van der Waals surface area contributed by atoms with Crippen molar-refractivity contribution >= 4 is 10.8 Å². The van der Waals surface area contributed by atoms with Crippen LogP contribution in [0.5, 0.6) is 5.75 Å². The highest BCUT2D eigenvalue weighted by Crippen LogP contribution is 2.29. The number of phenolic OH excluding ortho intramolecular Hbond substituents is 1. The van der Waals surface area contributed by atoms with E-state index in [0.717, 1.165) is 51.5 Å². The first kappa shape index (κ1) is 15.9. The van der Waals surface area contributed by atoms with Gasteiger partial charge in [-0.25, -0.2) is 0 Å². The minimum Gasteiger partial charge on any atom is -0.508 e. The van der Waals surface area contributed by atoms with Crippen LogP contribution < -0.4 is 0 Å². The first-order chi connectivity index (χ1) is 11.8. The van der Waals surface area contributed by atoms with E-state index in [2.05, 4.69) is 34.1 Å². The number of likely N-dealkylation sites (tertiary alicyclic amines) is 1. The van der Waals surface area contributed by atoms with Crippen molar-refractivity contribution in [3.8, 4) is 5.75 Å². The number of nitrogens with zero attached hydrogens (tertiary/aromatic N) is 2. The van der Waals surface area contributed by atoms with Crippen LogP contribution >= 0.6 is 0 Å². The molecule has 0 spiro atoms. The van der Waals surface area contributed by atoms with E-state index in [-0.39, 0.29) is 0 Å². The van der Waals surface area contributed by atoms with E-state index < -0.39 is 0 Å². The smallest absolute Gasteiger partial charge is 0.120 e. The van der Waals surface area contributed by atoms with Gasteiger partial charge in [-0.3, -0.25) is 9.80 Å². The molecule has 2 aromatic carbocycles. The van der Waals surface area contributed by atoms with Crippen LogP contribution in [0.1, 0.15) is 18.4 Å². The Labute approximate surface area is 143 Å². The van der Waals surface area contributed by atoms with Crippen molar-refractivity contribution in [1.82, 2.24) is 9.80 Å². The molecule has 2 aliphatic heterocycles. The van der Waals surface area contributed by atoms with E-state index in [1.54, 1.807) is 0 Å². The summed E-state index contributed by atoms with van der Waals surface area (Å²) in [7, 11) is 0.